The zero-order valence-corrected chi connectivity index (χ0v) is 12.2. The molecular formula is C15H19N3S. The van der Waals surface area contributed by atoms with Crippen molar-refractivity contribution >= 4 is 34.0 Å². The standard InChI is InChI=1S/C15H19N3S/c1-10-7-15(18(2)12-5-6-19-9-12)13-8-11(16)3-4-14(13)17-10/h3-4,7-8,12H,5-6,9,16H2,1-2H3. The predicted molar refractivity (Wildman–Crippen MR) is 85.0 cm³/mol. The van der Waals surface area contributed by atoms with E-state index in [0.29, 0.717) is 6.04 Å². The molecule has 2 aromatic rings. The van der Waals surface area contributed by atoms with E-state index in [0.717, 1.165) is 22.3 Å². The molecule has 1 aliphatic heterocycles. The summed E-state index contributed by atoms with van der Waals surface area (Å²) in [5.74, 6) is 2.47. The molecule has 1 aromatic carbocycles. The number of nitrogen functional groups attached to an aromatic ring is 1. The molecule has 0 radical (unpaired) electrons. The number of fused-ring (bicyclic) bond motifs is 1. The Balaban J connectivity index is 2.12. The third-order valence-electron chi connectivity index (χ3n) is 3.77. The second-order valence-electron chi connectivity index (χ2n) is 5.19. The van der Waals surface area contributed by atoms with E-state index in [4.69, 9.17) is 5.73 Å². The number of rotatable bonds is 2. The van der Waals surface area contributed by atoms with Gasteiger partial charge in [0.1, 0.15) is 0 Å². The fourth-order valence-corrected chi connectivity index (χ4v) is 3.94. The largest absolute Gasteiger partial charge is 0.399 e. The van der Waals surface area contributed by atoms with Crippen molar-refractivity contribution in [3.05, 3.63) is 30.0 Å². The second kappa shape index (κ2) is 4.93. The number of benzene rings is 1. The van der Waals surface area contributed by atoms with Crippen LogP contribution in [0.4, 0.5) is 11.4 Å². The van der Waals surface area contributed by atoms with Gasteiger partial charge in [0.25, 0.3) is 0 Å². The summed E-state index contributed by atoms with van der Waals surface area (Å²) < 4.78 is 0. The van der Waals surface area contributed by atoms with E-state index in [1.54, 1.807) is 0 Å². The molecule has 0 amide bonds. The fraction of sp³-hybridized carbons (Fsp3) is 0.400. The normalized spacial score (nSPS) is 18.9. The first-order valence-electron chi connectivity index (χ1n) is 6.62. The van der Waals surface area contributed by atoms with Crippen LogP contribution in [0, 0.1) is 6.92 Å². The van der Waals surface area contributed by atoms with Crippen LogP contribution in [0.15, 0.2) is 24.3 Å². The van der Waals surface area contributed by atoms with E-state index in [9.17, 15) is 0 Å². The number of nitrogens with zero attached hydrogens (tertiary/aromatic N) is 2. The minimum absolute atomic E-state index is 0.622. The summed E-state index contributed by atoms with van der Waals surface area (Å²) in [7, 11) is 2.19. The highest BCUT2D eigenvalue weighted by molar-refractivity contribution is 7.99. The van der Waals surface area contributed by atoms with Crippen LogP contribution in [0.5, 0.6) is 0 Å². The quantitative estimate of drug-likeness (QED) is 0.854. The Morgan fingerprint density at radius 1 is 1.37 bits per heavy atom. The Kier molecular flexibility index (Phi) is 3.27. The Labute approximate surface area is 118 Å². The van der Waals surface area contributed by atoms with E-state index in [1.165, 1.54) is 23.6 Å². The van der Waals surface area contributed by atoms with Crippen LogP contribution < -0.4 is 10.6 Å². The molecule has 1 aliphatic rings. The summed E-state index contributed by atoms with van der Waals surface area (Å²) in [6, 6.07) is 8.76. The lowest BCUT2D eigenvalue weighted by atomic mass is 10.1. The van der Waals surface area contributed by atoms with Crippen LogP contribution in [-0.4, -0.2) is 29.6 Å². The van der Waals surface area contributed by atoms with Crippen LogP contribution in [0.1, 0.15) is 12.1 Å². The Morgan fingerprint density at radius 3 is 2.95 bits per heavy atom. The minimum atomic E-state index is 0.622. The molecule has 0 bridgehead atoms. The monoisotopic (exact) mass is 273 g/mol. The first kappa shape index (κ1) is 12.6. The van der Waals surface area contributed by atoms with Gasteiger partial charge in [0.05, 0.1) is 5.52 Å². The van der Waals surface area contributed by atoms with Crippen LogP contribution in [0.3, 0.4) is 0 Å². The van der Waals surface area contributed by atoms with E-state index in [-0.39, 0.29) is 0 Å². The molecule has 3 rings (SSSR count). The number of pyridine rings is 1. The molecule has 3 nitrogen and oxygen atoms in total. The number of anilines is 2. The average Bonchev–Trinajstić information content (AvgIpc) is 2.91. The van der Waals surface area contributed by atoms with Gasteiger partial charge in [0, 0.05) is 41.3 Å². The summed E-state index contributed by atoms with van der Waals surface area (Å²) in [6.07, 6.45) is 1.26. The first-order valence-corrected chi connectivity index (χ1v) is 7.78. The summed E-state index contributed by atoms with van der Waals surface area (Å²) in [4.78, 5) is 7.00. The first-order chi connectivity index (χ1) is 9.15. The topological polar surface area (TPSA) is 42.1 Å². The van der Waals surface area contributed by atoms with Gasteiger partial charge in [0.2, 0.25) is 0 Å². The van der Waals surface area contributed by atoms with E-state index >= 15 is 0 Å². The molecule has 0 saturated carbocycles. The maximum Gasteiger partial charge on any atom is 0.0727 e. The van der Waals surface area contributed by atoms with Gasteiger partial charge in [-0.05, 0) is 43.4 Å². The second-order valence-corrected chi connectivity index (χ2v) is 6.34. The zero-order chi connectivity index (χ0) is 13.4. The van der Waals surface area contributed by atoms with Crippen molar-refractivity contribution in [3.63, 3.8) is 0 Å². The maximum absolute atomic E-state index is 5.93. The van der Waals surface area contributed by atoms with Crippen molar-refractivity contribution in [1.82, 2.24) is 4.98 Å². The molecule has 0 spiro atoms. The van der Waals surface area contributed by atoms with Crippen LogP contribution >= 0.6 is 11.8 Å². The lowest BCUT2D eigenvalue weighted by Crippen LogP contribution is -2.31. The number of hydrogen-bond donors (Lipinski definition) is 1. The molecule has 2 heterocycles. The number of aryl methyl sites for hydroxylation is 1. The highest BCUT2D eigenvalue weighted by atomic mass is 32.2. The lowest BCUT2D eigenvalue weighted by molar-refractivity contribution is 0.701. The van der Waals surface area contributed by atoms with Gasteiger partial charge >= 0.3 is 0 Å². The summed E-state index contributed by atoms with van der Waals surface area (Å²) in [5.41, 5.74) is 10.1. The number of aromatic nitrogens is 1. The molecule has 100 valence electrons. The molecule has 1 unspecified atom stereocenters. The molecule has 1 atom stereocenters. The molecular weight excluding hydrogens is 254 g/mol. The van der Waals surface area contributed by atoms with Gasteiger partial charge in [-0.2, -0.15) is 11.8 Å². The van der Waals surface area contributed by atoms with E-state index in [2.05, 4.69) is 29.9 Å². The van der Waals surface area contributed by atoms with Crippen molar-refractivity contribution in [1.29, 1.82) is 0 Å². The van der Waals surface area contributed by atoms with Crippen LogP contribution in [0.25, 0.3) is 10.9 Å². The van der Waals surface area contributed by atoms with Crippen molar-refractivity contribution in [2.45, 2.75) is 19.4 Å². The highest BCUT2D eigenvalue weighted by Gasteiger charge is 2.22. The van der Waals surface area contributed by atoms with Crippen LogP contribution in [0.2, 0.25) is 0 Å². The van der Waals surface area contributed by atoms with Crippen molar-refractivity contribution in [2.75, 3.05) is 29.2 Å². The molecule has 2 N–H and O–H groups in total. The number of nitrogens with two attached hydrogens (primary N) is 1. The number of hydrogen-bond acceptors (Lipinski definition) is 4. The van der Waals surface area contributed by atoms with E-state index in [1.807, 2.05) is 30.0 Å². The predicted octanol–water partition coefficient (Wildman–Crippen LogP) is 3.07. The molecule has 0 aliphatic carbocycles. The maximum atomic E-state index is 5.93. The Morgan fingerprint density at radius 2 is 2.21 bits per heavy atom. The smallest absolute Gasteiger partial charge is 0.0727 e. The van der Waals surface area contributed by atoms with E-state index < -0.39 is 0 Å². The lowest BCUT2D eigenvalue weighted by Gasteiger charge is -2.27. The third kappa shape index (κ3) is 2.37. The molecule has 1 aromatic heterocycles. The van der Waals surface area contributed by atoms with Crippen molar-refractivity contribution in [3.8, 4) is 0 Å². The van der Waals surface area contributed by atoms with Gasteiger partial charge in [-0.15, -0.1) is 0 Å². The Bertz CT molecular complexity index is 606. The average molecular weight is 273 g/mol. The zero-order valence-electron chi connectivity index (χ0n) is 11.4. The van der Waals surface area contributed by atoms with Gasteiger partial charge in [-0.25, -0.2) is 0 Å². The van der Waals surface area contributed by atoms with Gasteiger partial charge < -0.3 is 10.6 Å². The van der Waals surface area contributed by atoms with Crippen LogP contribution in [-0.2, 0) is 0 Å². The molecule has 19 heavy (non-hydrogen) atoms. The van der Waals surface area contributed by atoms with Crippen molar-refractivity contribution in [2.24, 2.45) is 0 Å². The SMILES string of the molecule is Cc1cc(N(C)C2CCSC2)c2cc(N)ccc2n1. The fourth-order valence-electron chi connectivity index (χ4n) is 2.67. The van der Waals surface area contributed by atoms with Gasteiger partial charge in [0.15, 0.2) is 0 Å². The Hall–Kier alpha value is -1.42. The highest BCUT2D eigenvalue weighted by Crippen LogP contribution is 2.32. The molecule has 4 heteroatoms. The van der Waals surface area contributed by atoms with Gasteiger partial charge in [-0.3, -0.25) is 4.98 Å². The minimum Gasteiger partial charge on any atom is -0.399 e. The molecule has 1 saturated heterocycles. The summed E-state index contributed by atoms with van der Waals surface area (Å²) in [6.45, 7) is 2.05. The summed E-state index contributed by atoms with van der Waals surface area (Å²) in [5, 5.41) is 1.16. The van der Waals surface area contributed by atoms with Crippen molar-refractivity contribution < 1.29 is 0 Å². The third-order valence-corrected chi connectivity index (χ3v) is 4.92. The van der Waals surface area contributed by atoms with Gasteiger partial charge in [-0.1, -0.05) is 0 Å². The summed E-state index contributed by atoms with van der Waals surface area (Å²) >= 11 is 2.04. The number of thioether (sulfide) groups is 1. The molecule has 1 fully saturated rings.